The Kier molecular flexibility index (Phi) is 4.86. The number of nitrogens with zero attached hydrogens (tertiary/aromatic N) is 2. The zero-order valence-electron chi connectivity index (χ0n) is 8.70. The van der Waals surface area contributed by atoms with Crippen molar-refractivity contribution in [3.05, 3.63) is 0 Å². The van der Waals surface area contributed by atoms with Gasteiger partial charge in [-0.15, -0.1) is 0 Å². The molecule has 0 aliphatic carbocycles. The van der Waals surface area contributed by atoms with Gasteiger partial charge in [-0.2, -0.15) is 0 Å². The number of aliphatic carboxylic acids is 1. The minimum absolute atomic E-state index is 0.148. The summed E-state index contributed by atoms with van der Waals surface area (Å²) in [5, 5.41) is 12.0. The van der Waals surface area contributed by atoms with Crippen LogP contribution in [0.25, 0.3) is 0 Å². The molecule has 1 saturated heterocycles. The Morgan fingerprint density at radius 1 is 1.29 bits per heavy atom. The highest BCUT2D eigenvalue weighted by atomic mass is 16.4. The van der Waals surface area contributed by atoms with Gasteiger partial charge in [-0.1, -0.05) is 0 Å². The molecule has 0 aromatic rings. The van der Waals surface area contributed by atoms with E-state index in [1.54, 1.807) is 0 Å². The van der Waals surface area contributed by atoms with Gasteiger partial charge in [0.05, 0.1) is 6.54 Å². The molecule has 0 spiro atoms. The topological polar surface area (TPSA) is 55.8 Å². The average molecular weight is 201 g/mol. The maximum absolute atomic E-state index is 10.6. The summed E-state index contributed by atoms with van der Waals surface area (Å²) in [6, 6.07) is 0. The fourth-order valence-electron chi connectivity index (χ4n) is 1.52. The molecule has 0 unspecified atom stereocenters. The second-order valence-corrected chi connectivity index (χ2v) is 3.72. The van der Waals surface area contributed by atoms with E-state index in [0.717, 1.165) is 39.3 Å². The molecule has 5 heteroatoms. The molecule has 0 amide bonds. The molecule has 0 aromatic carbocycles. The summed E-state index contributed by atoms with van der Waals surface area (Å²) in [5.41, 5.74) is 0. The fourth-order valence-corrected chi connectivity index (χ4v) is 1.52. The lowest BCUT2D eigenvalue weighted by atomic mass is 10.4. The molecule has 1 heterocycles. The number of carboxylic acids is 1. The molecule has 1 aliphatic heterocycles. The van der Waals surface area contributed by atoms with E-state index < -0.39 is 5.97 Å². The minimum atomic E-state index is -0.744. The molecule has 0 atom stereocenters. The van der Waals surface area contributed by atoms with E-state index in [1.807, 2.05) is 4.90 Å². The Bertz CT molecular complexity index is 187. The van der Waals surface area contributed by atoms with Gasteiger partial charge in [-0.05, 0) is 7.05 Å². The van der Waals surface area contributed by atoms with Gasteiger partial charge in [-0.25, -0.2) is 0 Å². The van der Waals surface area contributed by atoms with E-state index in [1.165, 1.54) is 0 Å². The van der Waals surface area contributed by atoms with Crippen molar-refractivity contribution < 1.29 is 9.90 Å². The van der Waals surface area contributed by atoms with Crippen LogP contribution in [-0.2, 0) is 4.79 Å². The first kappa shape index (κ1) is 11.4. The number of nitrogens with one attached hydrogen (secondary N) is 1. The van der Waals surface area contributed by atoms with Crippen LogP contribution in [0.15, 0.2) is 0 Å². The first-order chi connectivity index (χ1) is 6.68. The summed E-state index contributed by atoms with van der Waals surface area (Å²) >= 11 is 0. The summed E-state index contributed by atoms with van der Waals surface area (Å²) in [7, 11) is 2.06. The van der Waals surface area contributed by atoms with Gasteiger partial charge in [0, 0.05) is 39.3 Å². The van der Waals surface area contributed by atoms with E-state index in [4.69, 9.17) is 5.11 Å². The molecular weight excluding hydrogens is 182 g/mol. The average Bonchev–Trinajstić information content (AvgIpc) is 2.19. The van der Waals surface area contributed by atoms with Gasteiger partial charge in [0.1, 0.15) is 0 Å². The Labute approximate surface area is 84.7 Å². The number of carboxylic acid groups (broad SMARTS) is 1. The predicted octanol–water partition coefficient (Wildman–Crippen LogP) is -1.09. The normalized spacial score (nSPS) is 22.4. The third-order valence-electron chi connectivity index (χ3n) is 2.43. The lowest BCUT2D eigenvalue weighted by Gasteiger charge is -2.21. The van der Waals surface area contributed by atoms with Crippen molar-refractivity contribution in [1.29, 1.82) is 0 Å². The lowest BCUT2D eigenvalue weighted by Crippen LogP contribution is -2.37. The zero-order valence-corrected chi connectivity index (χ0v) is 8.70. The maximum Gasteiger partial charge on any atom is 0.317 e. The zero-order chi connectivity index (χ0) is 10.4. The van der Waals surface area contributed by atoms with Gasteiger partial charge < -0.3 is 15.3 Å². The first-order valence-electron chi connectivity index (χ1n) is 5.02. The molecule has 0 saturated carbocycles. The van der Waals surface area contributed by atoms with Crippen LogP contribution in [0.5, 0.6) is 0 Å². The smallest absolute Gasteiger partial charge is 0.317 e. The molecule has 5 nitrogen and oxygen atoms in total. The number of likely N-dealkylation sites (N-methyl/N-ethyl adjacent to an activating group) is 1. The second-order valence-electron chi connectivity index (χ2n) is 3.72. The Morgan fingerprint density at radius 3 is 2.71 bits per heavy atom. The number of carbonyl (C=O) groups is 1. The quantitative estimate of drug-likeness (QED) is 0.594. The molecule has 0 bridgehead atoms. The highest BCUT2D eigenvalue weighted by Gasteiger charge is 2.11. The van der Waals surface area contributed by atoms with Gasteiger partial charge in [0.25, 0.3) is 0 Å². The van der Waals surface area contributed by atoms with Crippen LogP contribution >= 0.6 is 0 Å². The fraction of sp³-hybridized carbons (Fsp3) is 0.889. The first-order valence-corrected chi connectivity index (χ1v) is 5.02. The van der Waals surface area contributed by atoms with Crippen molar-refractivity contribution in [2.75, 3.05) is 52.9 Å². The van der Waals surface area contributed by atoms with Gasteiger partial charge in [-0.3, -0.25) is 9.69 Å². The van der Waals surface area contributed by atoms with Gasteiger partial charge >= 0.3 is 5.97 Å². The maximum atomic E-state index is 10.6. The number of hydrogen-bond donors (Lipinski definition) is 2. The summed E-state index contributed by atoms with van der Waals surface area (Å²) < 4.78 is 0. The Morgan fingerprint density at radius 2 is 2.00 bits per heavy atom. The van der Waals surface area contributed by atoms with Crippen molar-refractivity contribution in [2.45, 2.75) is 0 Å². The summed E-state index contributed by atoms with van der Waals surface area (Å²) in [5.74, 6) is -0.744. The number of hydrogen-bond acceptors (Lipinski definition) is 4. The van der Waals surface area contributed by atoms with Gasteiger partial charge in [0.2, 0.25) is 0 Å². The van der Waals surface area contributed by atoms with Crippen molar-refractivity contribution in [1.82, 2.24) is 15.1 Å². The minimum Gasteiger partial charge on any atom is -0.480 e. The Hall–Kier alpha value is -0.650. The standard InChI is InChI=1S/C9H19N3O2/c1-11-4-2-10-3-5-12(7-6-11)8-9(13)14/h10H,2-8H2,1H3,(H,13,14). The summed E-state index contributed by atoms with van der Waals surface area (Å²) in [4.78, 5) is 14.7. The molecule has 1 fully saturated rings. The molecule has 82 valence electrons. The Balaban J connectivity index is 2.36. The van der Waals surface area contributed by atoms with E-state index in [2.05, 4.69) is 17.3 Å². The highest BCUT2D eigenvalue weighted by molar-refractivity contribution is 5.69. The van der Waals surface area contributed by atoms with E-state index in [-0.39, 0.29) is 6.54 Å². The van der Waals surface area contributed by atoms with E-state index in [9.17, 15) is 4.79 Å². The molecule has 1 aliphatic rings. The van der Waals surface area contributed by atoms with Crippen LogP contribution in [0.2, 0.25) is 0 Å². The van der Waals surface area contributed by atoms with Crippen LogP contribution in [0.4, 0.5) is 0 Å². The third-order valence-corrected chi connectivity index (χ3v) is 2.43. The highest BCUT2D eigenvalue weighted by Crippen LogP contribution is 1.92. The van der Waals surface area contributed by atoms with E-state index >= 15 is 0 Å². The van der Waals surface area contributed by atoms with E-state index in [0.29, 0.717) is 0 Å². The molecule has 2 N–H and O–H groups in total. The molecule has 0 aromatic heterocycles. The summed E-state index contributed by atoms with van der Waals surface area (Å²) in [6.07, 6.45) is 0. The second kappa shape index (κ2) is 5.95. The SMILES string of the molecule is CN1CCNCCN(CC(=O)O)CC1. The van der Waals surface area contributed by atoms with Crippen LogP contribution in [0.1, 0.15) is 0 Å². The third kappa shape index (κ3) is 4.55. The molecule has 0 radical (unpaired) electrons. The van der Waals surface area contributed by atoms with Crippen molar-refractivity contribution >= 4 is 5.97 Å². The summed E-state index contributed by atoms with van der Waals surface area (Å²) in [6.45, 7) is 5.63. The molecular formula is C9H19N3O2. The van der Waals surface area contributed by atoms with Crippen LogP contribution in [0.3, 0.4) is 0 Å². The van der Waals surface area contributed by atoms with Crippen molar-refractivity contribution in [3.8, 4) is 0 Å². The monoisotopic (exact) mass is 201 g/mol. The molecule has 1 rings (SSSR count). The predicted molar refractivity (Wildman–Crippen MR) is 54.4 cm³/mol. The lowest BCUT2D eigenvalue weighted by molar-refractivity contribution is -0.138. The molecule has 14 heavy (non-hydrogen) atoms. The largest absolute Gasteiger partial charge is 0.480 e. The van der Waals surface area contributed by atoms with Crippen LogP contribution in [0, 0.1) is 0 Å². The number of rotatable bonds is 2. The van der Waals surface area contributed by atoms with Crippen molar-refractivity contribution in [3.63, 3.8) is 0 Å². The van der Waals surface area contributed by atoms with Gasteiger partial charge in [0.15, 0.2) is 0 Å². The van der Waals surface area contributed by atoms with Crippen LogP contribution in [-0.4, -0.2) is 73.7 Å². The van der Waals surface area contributed by atoms with Crippen molar-refractivity contribution in [2.24, 2.45) is 0 Å². The van der Waals surface area contributed by atoms with Crippen LogP contribution < -0.4 is 5.32 Å².